The Kier molecular flexibility index (Phi) is 6.33. The second-order valence-corrected chi connectivity index (χ2v) is 3.59. The van der Waals surface area contributed by atoms with E-state index in [1.807, 2.05) is 0 Å². The second kappa shape index (κ2) is 6.68. The van der Waals surface area contributed by atoms with Crippen molar-refractivity contribution in [2.45, 2.75) is 13.0 Å². The van der Waals surface area contributed by atoms with E-state index in [2.05, 4.69) is 5.32 Å². The van der Waals surface area contributed by atoms with E-state index in [9.17, 15) is 9.18 Å². The Balaban J connectivity index is 0.00000225. The fraction of sp³-hybridized carbons (Fsp3) is 0.300. The molecule has 0 aliphatic heterocycles. The summed E-state index contributed by atoms with van der Waals surface area (Å²) < 4.78 is 13.0. The highest BCUT2D eigenvalue weighted by Crippen LogP contribution is 2.19. The molecule has 1 atom stereocenters. The van der Waals surface area contributed by atoms with Crippen LogP contribution in [0.4, 0.5) is 4.39 Å². The third-order valence-electron chi connectivity index (χ3n) is 1.93. The average Bonchev–Trinajstić information content (AvgIpc) is 2.21. The number of carbonyl (C=O) groups excluding carboxylic acids is 1. The van der Waals surface area contributed by atoms with Gasteiger partial charge >= 0.3 is 0 Å². The van der Waals surface area contributed by atoms with E-state index in [0.717, 1.165) is 0 Å². The number of rotatable bonds is 3. The molecule has 1 amide bonds. The first kappa shape index (κ1) is 15.2. The van der Waals surface area contributed by atoms with Crippen molar-refractivity contribution in [3.63, 3.8) is 0 Å². The maximum atomic E-state index is 13.0. The molecular weight excluding hydrogens is 254 g/mol. The summed E-state index contributed by atoms with van der Waals surface area (Å²) >= 11 is 5.65. The van der Waals surface area contributed by atoms with Crippen LogP contribution in [0.25, 0.3) is 0 Å². The number of hydrogen-bond donors (Lipinski definition) is 2. The van der Waals surface area contributed by atoms with Gasteiger partial charge in [-0.05, 0) is 19.1 Å². The Morgan fingerprint density at radius 1 is 1.62 bits per heavy atom. The molecule has 0 fully saturated rings. The van der Waals surface area contributed by atoms with Gasteiger partial charge in [0.05, 0.1) is 10.6 Å². The largest absolute Gasteiger partial charge is 0.348 e. The summed E-state index contributed by atoms with van der Waals surface area (Å²) in [6.07, 6.45) is 0. The Labute approximate surface area is 105 Å². The average molecular weight is 267 g/mol. The van der Waals surface area contributed by atoms with E-state index >= 15 is 0 Å². The van der Waals surface area contributed by atoms with Crippen molar-refractivity contribution in [2.75, 3.05) is 6.54 Å². The summed E-state index contributed by atoms with van der Waals surface area (Å²) in [5.74, 6) is -1.03. The summed E-state index contributed by atoms with van der Waals surface area (Å²) in [4.78, 5) is 11.6. The molecule has 6 heteroatoms. The smallest absolute Gasteiger partial charge is 0.253 e. The zero-order valence-electron chi connectivity index (χ0n) is 8.67. The van der Waals surface area contributed by atoms with E-state index in [1.165, 1.54) is 18.2 Å². The molecule has 0 unspecified atom stereocenters. The van der Waals surface area contributed by atoms with Crippen LogP contribution < -0.4 is 11.1 Å². The summed E-state index contributed by atoms with van der Waals surface area (Å²) in [6.45, 7) is 2.07. The lowest BCUT2D eigenvalue weighted by atomic mass is 10.2. The molecule has 0 aliphatic rings. The van der Waals surface area contributed by atoms with E-state index in [4.69, 9.17) is 17.3 Å². The third-order valence-corrected chi connectivity index (χ3v) is 2.31. The molecular formula is C10H13Cl2FN2O. The fourth-order valence-corrected chi connectivity index (χ4v) is 1.25. The SMILES string of the molecule is C[C@@H](CN)NC(=O)c1cccc(F)c1Cl.Cl. The first-order valence-electron chi connectivity index (χ1n) is 4.51. The van der Waals surface area contributed by atoms with Crippen molar-refractivity contribution in [3.8, 4) is 0 Å². The minimum absolute atomic E-state index is 0. The molecule has 3 nitrogen and oxygen atoms in total. The standard InChI is InChI=1S/C10H12ClFN2O.ClH/c1-6(5-13)14-10(15)7-3-2-4-8(12)9(7)11;/h2-4,6H,5,13H2,1H3,(H,14,15);1H/t6-;/m0./s1. The van der Waals surface area contributed by atoms with Gasteiger partial charge in [0.2, 0.25) is 0 Å². The first-order chi connectivity index (χ1) is 7.06. The van der Waals surface area contributed by atoms with Crippen molar-refractivity contribution in [3.05, 3.63) is 34.6 Å². The summed E-state index contributed by atoms with van der Waals surface area (Å²) in [5.41, 5.74) is 5.47. The number of nitrogens with one attached hydrogen (secondary N) is 1. The Bertz CT molecular complexity index is 374. The summed E-state index contributed by atoms with van der Waals surface area (Å²) in [5, 5.41) is 2.43. The van der Waals surface area contributed by atoms with Crippen molar-refractivity contribution < 1.29 is 9.18 Å². The lowest BCUT2D eigenvalue weighted by Gasteiger charge is -2.12. The maximum absolute atomic E-state index is 13.0. The molecule has 1 aromatic rings. The Morgan fingerprint density at radius 3 is 2.81 bits per heavy atom. The lowest BCUT2D eigenvalue weighted by Crippen LogP contribution is -2.37. The van der Waals surface area contributed by atoms with Crippen LogP contribution in [0.3, 0.4) is 0 Å². The summed E-state index contributed by atoms with van der Waals surface area (Å²) in [6, 6.07) is 3.93. The van der Waals surface area contributed by atoms with E-state index < -0.39 is 11.7 Å². The lowest BCUT2D eigenvalue weighted by molar-refractivity contribution is 0.0941. The molecule has 0 aliphatic carbocycles. The van der Waals surface area contributed by atoms with Crippen LogP contribution in [-0.4, -0.2) is 18.5 Å². The topological polar surface area (TPSA) is 55.1 Å². The molecule has 0 saturated heterocycles. The van der Waals surface area contributed by atoms with Crippen molar-refractivity contribution in [1.82, 2.24) is 5.32 Å². The zero-order valence-corrected chi connectivity index (χ0v) is 10.2. The minimum Gasteiger partial charge on any atom is -0.348 e. The molecule has 0 saturated carbocycles. The van der Waals surface area contributed by atoms with Gasteiger partial charge in [-0.3, -0.25) is 4.79 Å². The number of halogens is 3. The van der Waals surface area contributed by atoms with Crippen LogP contribution >= 0.6 is 24.0 Å². The van der Waals surface area contributed by atoms with Crippen molar-refractivity contribution in [2.24, 2.45) is 5.73 Å². The highest BCUT2D eigenvalue weighted by Gasteiger charge is 2.14. The van der Waals surface area contributed by atoms with Gasteiger partial charge in [0.15, 0.2) is 0 Å². The normalized spacial score (nSPS) is 11.5. The van der Waals surface area contributed by atoms with Crippen LogP contribution in [0.15, 0.2) is 18.2 Å². The molecule has 1 rings (SSSR count). The number of carbonyl (C=O) groups is 1. The molecule has 90 valence electrons. The van der Waals surface area contributed by atoms with Crippen molar-refractivity contribution >= 4 is 29.9 Å². The van der Waals surface area contributed by atoms with Crippen LogP contribution in [0, 0.1) is 5.82 Å². The van der Waals surface area contributed by atoms with E-state index in [1.54, 1.807) is 6.92 Å². The van der Waals surface area contributed by atoms with Gasteiger partial charge in [0, 0.05) is 12.6 Å². The van der Waals surface area contributed by atoms with Gasteiger partial charge in [-0.2, -0.15) is 0 Å². The monoisotopic (exact) mass is 266 g/mol. The van der Waals surface area contributed by atoms with Crippen LogP contribution in [-0.2, 0) is 0 Å². The molecule has 0 bridgehead atoms. The Morgan fingerprint density at radius 2 is 2.25 bits per heavy atom. The second-order valence-electron chi connectivity index (χ2n) is 3.21. The molecule has 0 radical (unpaired) electrons. The van der Waals surface area contributed by atoms with Gasteiger partial charge in [-0.15, -0.1) is 12.4 Å². The van der Waals surface area contributed by atoms with Crippen LogP contribution in [0.2, 0.25) is 5.02 Å². The first-order valence-corrected chi connectivity index (χ1v) is 4.89. The van der Waals surface area contributed by atoms with Crippen molar-refractivity contribution in [1.29, 1.82) is 0 Å². The van der Waals surface area contributed by atoms with E-state index in [-0.39, 0.29) is 29.0 Å². The molecule has 3 N–H and O–H groups in total. The molecule has 0 heterocycles. The third kappa shape index (κ3) is 3.63. The highest BCUT2D eigenvalue weighted by molar-refractivity contribution is 6.34. The number of amides is 1. The Hall–Kier alpha value is -0.840. The maximum Gasteiger partial charge on any atom is 0.253 e. The summed E-state index contributed by atoms with van der Waals surface area (Å²) in [7, 11) is 0. The quantitative estimate of drug-likeness (QED) is 0.879. The van der Waals surface area contributed by atoms with Gasteiger partial charge in [0.1, 0.15) is 5.82 Å². The van der Waals surface area contributed by atoms with Gasteiger partial charge in [0.25, 0.3) is 5.91 Å². The molecule has 0 spiro atoms. The van der Waals surface area contributed by atoms with Gasteiger partial charge < -0.3 is 11.1 Å². The fourth-order valence-electron chi connectivity index (χ4n) is 1.04. The molecule has 1 aromatic carbocycles. The minimum atomic E-state index is -0.607. The molecule has 16 heavy (non-hydrogen) atoms. The van der Waals surface area contributed by atoms with Crippen LogP contribution in [0.1, 0.15) is 17.3 Å². The van der Waals surface area contributed by atoms with Gasteiger partial charge in [-0.25, -0.2) is 4.39 Å². The van der Waals surface area contributed by atoms with Gasteiger partial charge in [-0.1, -0.05) is 17.7 Å². The number of benzene rings is 1. The number of hydrogen-bond acceptors (Lipinski definition) is 2. The predicted octanol–water partition coefficient (Wildman–Crippen LogP) is 1.98. The van der Waals surface area contributed by atoms with Crippen LogP contribution in [0.5, 0.6) is 0 Å². The predicted molar refractivity (Wildman–Crippen MR) is 64.6 cm³/mol. The molecule has 0 aromatic heterocycles. The zero-order chi connectivity index (χ0) is 11.4. The number of nitrogens with two attached hydrogens (primary N) is 1. The van der Waals surface area contributed by atoms with E-state index in [0.29, 0.717) is 6.54 Å². The highest BCUT2D eigenvalue weighted by atomic mass is 35.5.